The van der Waals surface area contributed by atoms with Crippen molar-refractivity contribution in [2.45, 2.75) is 50.7 Å². The van der Waals surface area contributed by atoms with Crippen LogP contribution in [-0.4, -0.2) is 76.4 Å². The quantitative estimate of drug-likeness (QED) is 0.495. The van der Waals surface area contributed by atoms with Gasteiger partial charge in [0.05, 0.1) is 31.5 Å². The second-order valence-electron chi connectivity index (χ2n) is 9.17. The van der Waals surface area contributed by atoms with Crippen molar-refractivity contribution in [2.24, 2.45) is 0 Å². The molecule has 2 aromatic rings. The van der Waals surface area contributed by atoms with E-state index in [2.05, 4.69) is 25.3 Å². The second-order valence-corrected chi connectivity index (χ2v) is 9.17. The van der Waals surface area contributed by atoms with E-state index in [1.165, 1.54) is 24.8 Å². The summed E-state index contributed by atoms with van der Waals surface area (Å²) in [6.07, 6.45) is 3.75. The number of aromatic nitrogens is 4. The summed E-state index contributed by atoms with van der Waals surface area (Å²) < 4.78 is 44.9. The number of H-pyrrole nitrogens is 1. The molecule has 1 aliphatic carbocycles. The topological polar surface area (TPSA) is 116 Å². The molecule has 1 aliphatic heterocycles. The molecule has 2 aromatic heterocycles. The molecule has 2 fully saturated rings. The normalized spacial score (nSPS) is 17.6. The molecule has 13 heteroatoms. The van der Waals surface area contributed by atoms with Crippen LogP contribution in [0.15, 0.2) is 23.4 Å². The standard InChI is InChI=1S/C23H30F3N7O3/c1-15(30-18-13-29-31-21(35)20(18)23(24,25)26)14-36-10-5-19(34)32-6-8-33(9-7-32)22-27-11-17(12-28-22)16-3-2-4-16/h11-13,15-16H,2-10,14H2,1H3,(H2,30,31,35)/t15-/m0/s1. The predicted octanol–water partition coefficient (Wildman–Crippen LogP) is 2.40. The SMILES string of the molecule is C[C@@H](COCCC(=O)N1CCN(c2ncc(C3CCC3)cn2)CC1)Nc1cn[nH]c(=O)c1C(F)(F)F. The molecule has 4 rings (SSSR count). The fourth-order valence-electron chi connectivity index (χ4n) is 4.28. The van der Waals surface area contributed by atoms with Gasteiger partial charge in [-0.3, -0.25) is 9.59 Å². The number of halogens is 3. The molecule has 1 amide bonds. The molecule has 0 bridgehead atoms. The van der Waals surface area contributed by atoms with Gasteiger partial charge in [0.25, 0.3) is 5.56 Å². The highest BCUT2D eigenvalue weighted by atomic mass is 19.4. The van der Waals surface area contributed by atoms with Gasteiger partial charge in [-0.1, -0.05) is 6.42 Å². The van der Waals surface area contributed by atoms with Crippen LogP contribution in [0.4, 0.5) is 24.8 Å². The molecule has 1 atom stereocenters. The average Bonchev–Trinajstić information content (AvgIpc) is 2.80. The summed E-state index contributed by atoms with van der Waals surface area (Å²) in [4.78, 5) is 36.9. The highest BCUT2D eigenvalue weighted by Gasteiger charge is 2.37. The first-order valence-electron chi connectivity index (χ1n) is 12.1. The Labute approximate surface area is 206 Å². The smallest absolute Gasteiger partial charge is 0.379 e. The molecule has 1 saturated heterocycles. The molecule has 10 nitrogen and oxygen atoms in total. The first-order valence-corrected chi connectivity index (χ1v) is 12.1. The Balaban J connectivity index is 1.16. The summed E-state index contributed by atoms with van der Waals surface area (Å²) in [5, 5.41) is 7.82. The summed E-state index contributed by atoms with van der Waals surface area (Å²) in [6.45, 7) is 4.20. The highest BCUT2D eigenvalue weighted by Crippen LogP contribution is 2.35. The van der Waals surface area contributed by atoms with Crippen LogP contribution in [0.25, 0.3) is 0 Å². The van der Waals surface area contributed by atoms with Gasteiger partial charge in [-0.2, -0.15) is 18.3 Å². The summed E-state index contributed by atoms with van der Waals surface area (Å²) in [5.74, 6) is 1.22. The number of piperazine rings is 1. The van der Waals surface area contributed by atoms with Crippen molar-refractivity contribution >= 4 is 17.5 Å². The Morgan fingerprint density at radius 3 is 2.50 bits per heavy atom. The summed E-state index contributed by atoms with van der Waals surface area (Å²) in [7, 11) is 0. The van der Waals surface area contributed by atoms with Crippen molar-refractivity contribution in [3.63, 3.8) is 0 Å². The van der Waals surface area contributed by atoms with E-state index in [4.69, 9.17) is 4.74 Å². The van der Waals surface area contributed by atoms with Gasteiger partial charge in [0, 0.05) is 44.6 Å². The largest absolute Gasteiger partial charge is 0.423 e. The number of hydrogen-bond acceptors (Lipinski definition) is 8. The molecular formula is C23H30F3N7O3. The third-order valence-corrected chi connectivity index (χ3v) is 6.52. The molecule has 0 radical (unpaired) electrons. The lowest BCUT2D eigenvalue weighted by Gasteiger charge is -2.35. The van der Waals surface area contributed by atoms with Crippen molar-refractivity contribution in [1.82, 2.24) is 25.1 Å². The minimum atomic E-state index is -4.82. The molecular weight excluding hydrogens is 479 g/mol. The number of nitrogens with zero attached hydrogens (tertiary/aromatic N) is 5. The van der Waals surface area contributed by atoms with E-state index < -0.39 is 29.0 Å². The van der Waals surface area contributed by atoms with Gasteiger partial charge in [-0.05, 0) is 31.2 Å². The lowest BCUT2D eigenvalue weighted by atomic mass is 9.81. The van der Waals surface area contributed by atoms with Crippen molar-refractivity contribution in [3.8, 4) is 0 Å². The monoisotopic (exact) mass is 509 g/mol. The zero-order valence-corrected chi connectivity index (χ0v) is 20.1. The fourth-order valence-corrected chi connectivity index (χ4v) is 4.28. The van der Waals surface area contributed by atoms with E-state index in [1.807, 2.05) is 12.4 Å². The van der Waals surface area contributed by atoms with E-state index in [0.717, 1.165) is 6.20 Å². The average molecular weight is 510 g/mol. The number of amides is 1. The highest BCUT2D eigenvalue weighted by molar-refractivity contribution is 5.76. The molecule has 1 saturated carbocycles. The zero-order valence-electron chi connectivity index (χ0n) is 20.1. The maximum atomic E-state index is 13.1. The van der Waals surface area contributed by atoms with Crippen LogP contribution in [0, 0.1) is 0 Å². The van der Waals surface area contributed by atoms with Crippen molar-refractivity contribution in [2.75, 3.05) is 49.6 Å². The Hall–Kier alpha value is -3.22. The van der Waals surface area contributed by atoms with E-state index in [9.17, 15) is 22.8 Å². The second kappa shape index (κ2) is 11.2. The Morgan fingerprint density at radius 2 is 1.89 bits per heavy atom. The van der Waals surface area contributed by atoms with Crippen molar-refractivity contribution in [1.29, 1.82) is 0 Å². The van der Waals surface area contributed by atoms with E-state index >= 15 is 0 Å². The Bertz CT molecular complexity index is 1080. The van der Waals surface area contributed by atoms with Crippen LogP contribution in [-0.2, 0) is 15.7 Å². The fraction of sp³-hybridized carbons (Fsp3) is 0.609. The molecule has 2 N–H and O–H groups in total. The summed E-state index contributed by atoms with van der Waals surface area (Å²) in [6, 6.07) is -0.538. The number of rotatable bonds is 9. The van der Waals surface area contributed by atoms with Crippen LogP contribution >= 0.6 is 0 Å². The first kappa shape index (κ1) is 25.9. The van der Waals surface area contributed by atoms with Crippen molar-refractivity contribution in [3.05, 3.63) is 40.1 Å². The van der Waals surface area contributed by atoms with Crippen LogP contribution in [0.3, 0.4) is 0 Å². The maximum Gasteiger partial charge on any atom is 0.423 e. The number of alkyl halides is 3. The van der Waals surface area contributed by atoms with Gasteiger partial charge in [-0.15, -0.1) is 0 Å². The Morgan fingerprint density at radius 1 is 1.19 bits per heavy atom. The van der Waals surface area contributed by atoms with Gasteiger partial charge in [0.1, 0.15) is 5.56 Å². The zero-order chi connectivity index (χ0) is 25.7. The number of nitrogens with one attached hydrogen (secondary N) is 2. The van der Waals surface area contributed by atoms with Gasteiger partial charge < -0.3 is 19.9 Å². The number of anilines is 2. The maximum absolute atomic E-state index is 13.1. The van der Waals surface area contributed by atoms with Crippen molar-refractivity contribution < 1.29 is 22.7 Å². The van der Waals surface area contributed by atoms with Gasteiger partial charge >= 0.3 is 6.18 Å². The van der Waals surface area contributed by atoms with Crippen LogP contribution in [0.1, 0.15) is 49.7 Å². The van der Waals surface area contributed by atoms with E-state index in [-0.39, 0.29) is 25.5 Å². The summed E-state index contributed by atoms with van der Waals surface area (Å²) in [5.41, 5.74) is -1.88. The first-order chi connectivity index (χ1) is 17.2. The minimum absolute atomic E-state index is 0.0466. The van der Waals surface area contributed by atoms with Gasteiger partial charge in [0.15, 0.2) is 0 Å². The molecule has 0 spiro atoms. The van der Waals surface area contributed by atoms with Gasteiger partial charge in [-0.25, -0.2) is 15.1 Å². The molecule has 0 unspecified atom stereocenters. The Kier molecular flexibility index (Phi) is 8.07. The third-order valence-electron chi connectivity index (χ3n) is 6.52. The minimum Gasteiger partial charge on any atom is -0.379 e. The molecule has 196 valence electrons. The molecule has 0 aromatic carbocycles. The molecule has 3 heterocycles. The van der Waals surface area contributed by atoms with Gasteiger partial charge in [0.2, 0.25) is 11.9 Å². The lowest BCUT2D eigenvalue weighted by molar-refractivity contribution is -0.138. The molecule has 36 heavy (non-hydrogen) atoms. The summed E-state index contributed by atoms with van der Waals surface area (Å²) >= 11 is 0. The number of carbonyl (C=O) groups excluding carboxylic acids is 1. The molecule has 2 aliphatic rings. The van der Waals surface area contributed by atoms with Crippen LogP contribution < -0.4 is 15.8 Å². The predicted molar refractivity (Wildman–Crippen MR) is 126 cm³/mol. The third kappa shape index (κ3) is 6.31. The number of carbonyl (C=O) groups is 1. The number of hydrogen-bond donors (Lipinski definition) is 2. The number of aromatic amines is 1. The van der Waals surface area contributed by atoms with Crippen LogP contribution in [0.5, 0.6) is 0 Å². The number of ether oxygens (including phenoxy) is 1. The van der Waals surface area contributed by atoms with Crippen LogP contribution in [0.2, 0.25) is 0 Å². The van der Waals surface area contributed by atoms with E-state index in [0.29, 0.717) is 38.0 Å². The lowest BCUT2D eigenvalue weighted by Crippen LogP contribution is -2.49. The van der Waals surface area contributed by atoms with E-state index in [1.54, 1.807) is 16.9 Å².